The molecular weight excluding hydrogens is 264 g/mol. The molecule has 4 nitrogen and oxygen atoms in total. The fraction of sp³-hybridized carbons (Fsp3) is 0.0588. The van der Waals surface area contributed by atoms with Crippen LogP contribution in [0, 0.1) is 6.92 Å². The van der Waals surface area contributed by atoms with E-state index in [1.54, 1.807) is 18.2 Å². The van der Waals surface area contributed by atoms with Gasteiger partial charge in [-0.1, -0.05) is 35.9 Å². The largest absolute Gasteiger partial charge is 0.340 e. The molecule has 0 aliphatic carbocycles. The molecule has 102 valence electrons. The molecule has 1 aliphatic rings. The lowest BCUT2D eigenvalue weighted by Gasteiger charge is -2.13. The van der Waals surface area contributed by atoms with Crippen molar-refractivity contribution in [3.8, 4) is 0 Å². The minimum atomic E-state index is -0.319. The molecule has 21 heavy (non-hydrogen) atoms. The van der Waals surface area contributed by atoms with Crippen LogP contribution in [-0.2, 0) is 0 Å². The number of nitrogens with zero attached hydrogens (tertiary/aromatic N) is 2. The van der Waals surface area contributed by atoms with E-state index in [2.05, 4.69) is 0 Å². The third-order valence-electron chi connectivity index (χ3n) is 3.81. The average molecular weight is 276 g/mol. The number of anilines is 1. The summed E-state index contributed by atoms with van der Waals surface area (Å²) < 4.78 is 1.48. The van der Waals surface area contributed by atoms with Gasteiger partial charge < -0.3 is 0 Å². The van der Waals surface area contributed by atoms with Crippen molar-refractivity contribution in [2.75, 3.05) is 4.90 Å². The number of carbonyl (C=O) groups is 2. The van der Waals surface area contributed by atoms with Gasteiger partial charge in [0.15, 0.2) is 0 Å². The van der Waals surface area contributed by atoms with E-state index in [4.69, 9.17) is 0 Å². The second kappa shape index (κ2) is 4.06. The van der Waals surface area contributed by atoms with Crippen LogP contribution in [0.3, 0.4) is 0 Å². The molecule has 2 heterocycles. The normalized spacial score (nSPS) is 14.0. The maximum Gasteiger partial charge on any atom is 0.340 e. The van der Waals surface area contributed by atoms with E-state index in [9.17, 15) is 9.59 Å². The summed E-state index contributed by atoms with van der Waals surface area (Å²) in [4.78, 5) is 26.4. The Morgan fingerprint density at radius 3 is 2.38 bits per heavy atom. The van der Waals surface area contributed by atoms with E-state index < -0.39 is 0 Å². The van der Waals surface area contributed by atoms with Crippen molar-refractivity contribution in [3.63, 3.8) is 0 Å². The molecule has 0 fully saturated rings. The fourth-order valence-corrected chi connectivity index (χ4v) is 2.74. The lowest BCUT2D eigenvalue weighted by atomic mass is 10.2. The molecule has 0 bridgehead atoms. The Labute approximate surface area is 121 Å². The van der Waals surface area contributed by atoms with Crippen LogP contribution in [0.15, 0.2) is 54.6 Å². The predicted octanol–water partition coefficient (Wildman–Crippen LogP) is 3.58. The summed E-state index contributed by atoms with van der Waals surface area (Å²) in [5.41, 5.74) is 2.87. The zero-order chi connectivity index (χ0) is 14.6. The molecule has 0 saturated carbocycles. The summed E-state index contributed by atoms with van der Waals surface area (Å²) in [5, 5.41) is 0.901. The summed E-state index contributed by atoms with van der Waals surface area (Å²) in [6.45, 7) is 1.97. The summed E-state index contributed by atoms with van der Waals surface area (Å²) in [6.07, 6.45) is 0. The van der Waals surface area contributed by atoms with E-state index >= 15 is 0 Å². The van der Waals surface area contributed by atoms with Crippen LogP contribution in [-0.4, -0.2) is 16.5 Å². The van der Waals surface area contributed by atoms with Crippen molar-refractivity contribution >= 4 is 28.5 Å². The highest BCUT2D eigenvalue weighted by atomic mass is 16.2. The van der Waals surface area contributed by atoms with Crippen LogP contribution in [0.5, 0.6) is 0 Å². The molecule has 0 radical (unpaired) electrons. The molecule has 1 aromatic heterocycles. The van der Waals surface area contributed by atoms with Crippen LogP contribution < -0.4 is 4.90 Å². The number of imide groups is 1. The summed E-state index contributed by atoms with van der Waals surface area (Å²) >= 11 is 0. The van der Waals surface area contributed by atoms with Gasteiger partial charge in [-0.05, 0) is 31.2 Å². The second-order valence-electron chi connectivity index (χ2n) is 5.18. The molecule has 2 aromatic carbocycles. The van der Waals surface area contributed by atoms with Gasteiger partial charge in [0.2, 0.25) is 0 Å². The Bertz CT molecular complexity index is 891. The topological polar surface area (TPSA) is 42.3 Å². The number of benzene rings is 2. The SMILES string of the molecule is Cc1ccc(N2C(=O)c3cc4ccccc4n3C2=O)cc1. The van der Waals surface area contributed by atoms with Crippen molar-refractivity contribution in [3.05, 3.63) is 65.9 Å². The quantitative estimate of drug-likeness (QED) is 0.681. The highest BCUT2D eigenvalue weighted by Crippen LogP contribution is 2.30. The molecule has 4 rings (SSSR count). The molecule has 1 aliphatic heterocycles. The molecule has 3 aromatic rings. The van der Waals surface area contributed by atoms with Crippen LogP contribution in [0.1, 0.15) is 16.1 Å². The molecule has 0 spiro atoms. The van der Waals surface area contributed by atoms with Crippen LogP contribution >= 0.6 is 0 Å². The highest BCUT2D eigenvalue weighted by Gasteiger charge is 2.37. The standard InChI is InChI=1S/C17H12N2O2/c1-11-6-8-13(9-7-11)18-16(20)15-10-12-4-2-3-5-14(12)19(15)17(18)21/h2-10H,1H3. The Morgan fingerprint density at radius 1 is 0.905 bits per heavy atom. The maximum atomic E-state index is 12.6. The van der Waals surface area contributed by atoms with Gasteiger partial charge in [-0.25, -0.2) is 9.69 Å². The van der Waals surface area contributed by atoms with Crippen LogP contribution in [0.25, 0.3) is 10.9 Å². The number of carbonyl (C=O) groups excluding carboxylic acids is 2. The highest BCUT2D eigenvalue weighted by molar-refractivity contribution is 6.29. The number of aromatic nitrogens is 1. The Kier molecular flexibility index (Phi) is 2.30. The van der Waals surface area contributed by atoms with Gasteiger partial charge in [-0.2, -0.15) is 0 Å². The number of fused-ring (bicyclic) bond motifs is 3. The van der Waals surface area contributed by atoms with Crippen LogP contribution in [0.4, 0.5) is 10.5 Å². The number of rotatable bonds is 1. The van der Waals surface area contributed by atoms with Gasteiger partial charge in [-0.3, -0.25) is 9.36 Å². The van der Waals surface area contributed by atoms with Crippen molar-refractivity contribution in [1.82, 2.24) is 4.57 Å². The summed E-state index contributed by atoms with van der Waals surface area (Å²) in [6, 6.07) is 16.3. The minimum absolute atomic E-state index is 0.278. The number of hydrogen-bond acceptors (Lipinski definition) is 2. The molecule has 0 N–H and O–H groups in total. The monoisotopic (exact) mass is 276 g/mol. The second-order valence-corrected chi connectivity index (χ2v) is 5.18. The molecule has 0 saturated heterocycles. The summed E-state index contributed by atoms with van der Waals surface area (Å²) in [5.74, 6) is -0.278. The van der Waals surface area contributed by atoms with E-state index in [-0.39, 0.29) is 11.9 Å². The fourth-order valence-electron chi connectivity index (χ4n) is 2.74. The molecule has 4 heteroatoms. The maximum absolute atomic E-state index is 12.6. The Morgan fingerprint density at radius 2 is 1.62 bits per heavy atom. The van der Waals surface area contributed by atoms with E-state index in [0.29, 0.717) is 11.4 Å². The zero-order valence-electron chi connectivity index (χ0n) is 11.4. The van der Waals surface area contributed by atoms with Crippen molar-refractivity contribution < 1.29 is 9.59 Å². The first kappa shape index (κ1) is 11.9. The lowest BCUT2D eigenvalue weighted by Crippen LogP contribution is -2.30. The number of hydrogen-bond donors (Lipinski definition) is 0. The van der Waals surface area contributed by atoms with E-state index in [1.807, 2.05) is 43.3 Å². The smallest absolute Gasteiger partial charge is 0.266 e. The number of amides is 2. The first-order valence-electron chi connectivity index (χ1n) is 6.73. The van der Waals surface area contributed by atoms with Gasteiger partial charge in [0.25, 0.3) is 5.91 Å². The predicted molar refractivity (Wildman–Crippen MR) is 80.7 cm³/mol. The van der Waals surface area contributed by atoms with Gasteiger partial charge >= 0.3 is 6.03 Å². The molecule has 0 atom stereocenters. The zero-order valence-corrected chi connectivity index (χ0v) is 11.4. The van der Waals surface area contributed by atoms with E-state index in [0.717, 1.165) is 16.5 Å². The van der Waals surface area contributed by atoms with Gasteiger partial charge in [0.05, 0.1) is 11.2 Å². The number of para-hydroxylation sites is 1. The number of aryl methyl sites for hydroxylation is 1. The molecular formula is C17H12N2O2. The van der Waals surface area contributed by atoms with Crippen molar-refractivity contribution in [2.24, 2.45) is 0 Å². The average Bonchev–Trinajstić information content (AvgIpc) is 2.98. The van der Waals surface area contributed by atoms with Gasteiger partial charge in [0.1, 0.15) is 5.69 Å². The Hall–Kier alpha value is -2.88. The molecule has 2 amide bonds. The lowest BCUT2D eigenvalue weighted by molar-refractivity contribution is 0.100. The van der Waals surface area contributed by atoms with E-state index in [1.165, 1.54) is 9.47 Å². The third-order valence-corrected chi connectivity index (χ3v) is 3.81. The van der Waals surface area contributed by atoms with Gasteiger partial charge in [0, 0.05) is 5.39 Å². The van der Waals surface area contributed by atoms with Crippen molar-refractivity contribution in [1.29, 1.82) is 0 Å². The summed E-state index contributed by atoms with van der Waals surface area (Å²) in [7, 11) is 0. The first-order valence-corrected chi connectivity index (χ1v) is 6.73. The third kappa shape index (κ3) is 1.56. The Balaban J connectivity index is 1.89. The molecule has 0 unspecified atom stereocenters. The van der Waals surface area contributed by atoms with Crippen LogP contribution in [0.2, 0.25) is 0 Å². The minimum Gasteiger partial charge on any atom is -0.266 e. The van der Waals surface area contributed by atoms with Gasteiger partial charge in [-0.15, -0.1) is 0 Å². The first-order chi connectivity index (χ1) is 10.2. The van der Waals surface area contributed by atoms with Crippen molar-refractivity contribution in [2.45, 2.75) is 6.92 Å².